The average molecular weight is 155 g/mol. The number of rotatable bonds is 5. The number of carbonyl (C=O) groups excluding carboxylic acids is 1. The van der Waals surface area contributed by atoms with Gasteiger partial charge in [0, 0.05) is 12.1 Å². The number of hydroxylamine groups is 1. The number of hydrogen-bond acceptors (Lipinski definition) is 3. The van der Waals surface area contributed by atoms with E-state index >= 15 is 0 Å². The quantitative estimate of drug-likeness (QED) is 0.280. The topological polar surface area (TPSA) is 38.3 Å². The molecule has 0 aliphatic heterocycles. The van der Waals surface area contributed by atoms with Gasteiger partial charge >= 0.3 is 5.97 Å². The molecular weight excluding hydrogens is 142 g/mol. The van der Waals surface area contributed by atoms with Gasteiger partial charge in [0.1, 0.15) is 0 Å². The van der Waals surface area contributed by atoms with Crippen molar-refractivity contribution < 1.29 is 9.63 Å². The van der Waals surface area contributed by atoms with Crippen molar-refractivity contribution in [3.8, 4) is 0 Å². The van der Waals surface area contributed by atoms with E-state index in [2.05, 4.69) is 23.5 Å². The lowest BCUT2D eigenvalue weighted by Crippen LogP contribution is -2.20. The minimum absolute atomic E-state index is 0.408. The molecule has 0 aromatic carbocycles. The Morgan fingerprint density at radius 3 is 2.82 bits per heavy atom. The molecule has 0 bridgehead atoms. The van der Waals surface area contributed by atoms with Crippen molar-refractivity contribution in [1.82, 2.24) is 5.48 Å². The molecule has 0 aromatic heterocycles. The zero-order valence-corrected chi connectivity index (χ0v) is 6.72. The minimum Gasteiger partial charge on any atom is -0.367 e. The molecule has 3 nitrogen and oxygen atoms in total. The molecule has 1 N–H and O–H groups in total. The van der Waals surface area contributed by atoms with Crippen LogP contribution in [0.1, 0.15) is 13.3 Å². The molecule has 0 rings (SSSR count). The van der Waals surface area contributed by atoms with E-state index in [4.69, 9.17) is 0 Å². The van der Waals surface area contributed by atoms with Crippen molar-refractivity contribution >= 4 is 5.97 Å². The molecule has 0 radical (unpaired) electrons. The molecule has 0 aromatic rings. The summed E-state index contributed by atoms with van der Waals surface area (Å²) in [5, 5.41) is 0. The molecular formula is C8H13NO2. The molecule has 3 heteroatoms. The summed E-state index contributed by atoms with van der Waals surface area (Å²) in [6.07, 6.45) is 2.20. The van der Waals surface area contributed by atoms with Crippen LogP contribution >= 0.6 is 0 Å². The Hall–Kier alpha value is -1.09. The maximum atomic E-state index is 10.8. The summed E-state index contributed by atoms with van der Waals surface area (Å²) < 4.78 is 0. The van der Waals surface area contributed by atoms with Gasteiger partial charge in [-0.1, -0.05) is 19.6 Å². The van der Waals surface area contributed by atoms with Crippen LogP contribution in [0.3, 0.4) is 0 Å². The second-order valence-electron chi connectivity index (χ2n) is 1.98. The van der Waals surface area contributed by atoms with E-state index in [1.165, 1.54) is 0 Å². The normalized spacial score (nSPS) is 8.82. The van der Waals surface area contributed by atoms with Gasteiger partial charge in [0.05, 0.1) is 0 Å². The average Bonchev–Trinajstić information content (AvgIpc) is 2.03. The van der Waals surface area contributed by atoms with Crippen LogP contribution < -0.4 is 5.48 Å². The molecule has 0 unspecified atom stereocenters. The van der Waals surface area contributed by atoms with Crippen LogP contribution in [0.5, 0.6) is 0 Å². The maximum Gasteiger partial charge on any atom is 0.352 e. The summed E-state index contributed by atoms with van der Waals surface area (Å²) in [5.74, 6) is -0.408. The predicted octanol–water partition coefficient (Wildman–Crippen LogP) is 1.19. The second kappa shape index (κ2) is 5.68. The fourth-order valence-corrected chi connectivity index (χ4v) is 0.383. The van der Waals surface area contributed by atoms with Crippen LogP contribution in [0, 0.1) is 0 Å². The first kappa shape index (κ1) is 9.91. The van der Waals surface area contributed by atoms with E-state index in [0.29, 0.717) is 18.5 Å². The molecule has 11 heavy (non-hydrogen) atoms. The lowest BCUT2D eigenvalue weighted by molar-refractivity contribution is -0.145. The van der Waals surface area contributed by atoms with Gasteiger partial charge in [-0.3, -0.25) is 0 Å². The number of hydrogen-bond donors (Lipinski definition) is 1. The Morgan fingerprint density at radius 2 is 2.36 bits per heavy atom. The van der Waals surface area contributed by atoms with Crippen molar-refractivity contribution in [2.75, 3.05) is 6.54 Å². The second-order valence-corrected chi connectivity index (χ2v) is 1.98. The summed E-state index contributed by atoms with van der Waals surface area (Å²) in [5.41, 5.74) is 2.88. The van der Waals surface area contributed by atoms with Crippen LogP contribution in [0.15, 0.2) is 24.8 Å². The highest BCUT2D eigenvalue weighted by Gasteiger charge is 2.04. The Balaban J connectivity index is 3.52. The standard InChI is InChI=1S/C8H13NO2/c1-4-6-9-11-8(10)7(3)5-2/h4,9H,1,3,5-6H2,2H3. The molecule has 0 heterocycles. The van der Waals surface area contributed by atoms with Gasteiger partial charge in [-0.15, -0.1) is 12.1 Å². The molecule has 0 amide bonds. The summed E-state index contributed by atoms with van der Waals surface area (Å²) in [6, 6.07) is 0. The van der Waals surface area contributed by atoms with Gasteiger partial charge in [-0.25, -0.2) is 4.79 Å². The van der Waals surface area contributed by atoms with E-state index in [-0.39, 0.29) is 0 Å². The van der Waals surface area contributed by atoms with Crippen LogP contribution in [0.2, 0.25) is 0 Å². The van der Waals surface area contributed by atoms with Crippen LogP contribution in [-0.2, 0) is 9.63 Å². The van der Waals surface area contributed by atoms with Gasteiger partial charge in [-0.05, 0) is 6.42 Å². The SMILES string of the molecule is C=CCNOC(=O)C(=C)CC. The van der Waals surface area contributed by atoms with E-state index in [1.807, 2.05) is 6.92 Å². The highest BCUT2D eigenvalue weighted by Crippen LogP contribution is 1.97. The van der Waals surface area contributed by atoms with E-state index in [9.17, 15) is 4.79 Å². The Labute approximate surface area is 66.7 Å². The lowest BCUT2D eigenvalue weighted by Gasteiger charge is -2.02. The molecule has 0 atom stereocenters. The van der Waals surface area contributed by atoms with Crippen LogP contribution in [0.25, 0.3) is 0 Å². The predicted molar refractivity (Wildman–Crippen MR) is 43.7 cm³/mol. The summed E-state index contributed by atoms with van der Waals surface area (Å²) in [6.45, 7) is 9.25. The molecule has 0 saturated heterocycles. The Bertz CT molecular complexity index is 163. The monoisotopic (exact) mass is 155 g/mol. The van der Waals surface area contributed by atoms with E-state index in [0.717, 1.165) is 0 Å². The molecule has 0 aliphatic carbocycles. The van der Waals surface area contributed by atoms with Gasteiger partial charge in [-0.2, -0.15) is 0 Å². The molecule has 0 aliphatic rings. The van der Waals surface area contributed by atoms with E-state index < -0.39 is 5.97 Å². The van der Waals surface area contributed by atoms with Gasteiger partial charge in [0.15, 0.2) is 0 Å². The number of carbonyl (C=O) groups is 1. The maximum absolute atomic E-state index is 10.8. The van der Waals surface area contributed by atoms with Crippen LogP contribution in [-0.4, -0.2) is 12.5 Å². The summed E-state index contributed by atoms with van der Waals surface area (Å²) >= 11 is 0. The van der Waals surface area contributed by atoms with Crippen LogP contribution in [0.4, 0.5) is 0 Å². The first-order valence-electron chi connectivity index (χ1n) is 3.45. The molecule has 62 valence electrons. The summed E-state index contributed by atoms with van der Waals surface area (Å²) in [4.78, 5) is 15.4. The molecule has 0 fully saturated rings. The van der Waals surface area contributed by atoms with Crippen molar-refractivity contribution in [2.45, 2.75) is 13.3 Å². The lowest BCUT2D eigenvalue weighted by atomic mass is 10.2. The highest BCUT2D eigenvalue weighted by molar-refractivity contribution is 5.87. The first-order valence-corrected chi connectivity index (χ1v) is 3.45. The zero-order chi connectivity index (χ0) is 8.69. The van der Waals surface area contributed by atoms with Crippen molar-refractivity contribution in [3.05, 3.63) is 24.8 Å². The Kier molecular flexibility index (Phi) is 5.11. The van der Waals surface area contributed by atoms with E-state index in [1.54, 1.807) is 6.08 Å². The molecule has 0 saturated carbocycles. The summed E-state index contributed by atoms with van der Waals surface area (Å²) in [7, 11) is 0. The van der Waals surface area contributed by atoms with Crippen molar-refractivity contribution in [3.63, 3.8) is 0 Å². The van der Waals surface area contributed by atoms with Crippen molar-refractivity contribution in [1.29, 1.82) is 0 Å². The smallest absolute Gasteiger partial charge is 0.352 e. The minimum atomic E-state index is -0.408. The zero-order valence-electron chi connectivity index (χ0n) is 6.72. The third kappa shape index (κ3) is 4.33. The van der Waals surface area contributed by atoms with Gasteiger partial charge < -0.3 is 4.84 Å². The van der Waals surface area contributed by atoms with Gasteiger partial charge in [0.25, 0.3) is 0 Å². The van der Waals surface area contributed by atoms with Crippen molar-refractivity contribution in [2.24, 2.45) is 0 Å². The third-order valence-electron chi connectivity index (χ3n) is 1.11. The fourth-order valence-electron chi connectivity index (χ4n) is 0.383. The van der Waals surface area contributed by atoms with Gasteiger partial charge in [0.2, 0.25) is 0 Å². The Morgan fingerprint density at radius 1 is 1.73 bits per heavy atom. The first-order chi connectivity index (χ1) is 5.22. The highest BCUT2D eigenvalue weighted by atomic mass is 16.7. The fraction of sp³-hybridized carbons (Fsp3) is 0.375. The largest absolute Gasteiger partial charge is 0.367 e. The third-order valence-corrected chi connectivity index (χ3v) is 1.11. The number of nitrogens with one attached hydrogen (secondary N) is 1. The molecule has 0 spiro atoms.